The Morgan fingerprint density at radius 1 is 1.40 bits per heavy atom. The molecule has 104 valence electrons. The summed E-state index contributed by atoms with van der Waals surface area (Å²) >= 11 is 1.55. The summed E-state index contributed by atoms with van der Waals surface area (Å²) in [5.41, 5.74) is 0.316. The Balaban J connectivity index is 2.05. The number of benzene rings is 1. The number of aromatic nitrogens is 3. The molecule has 6 heteroatoms. The van der Waals surface area contributed by atoms with Gasteiger partial charge in [-0.05, 0) is 26.0 Å². The molecule has 0 spiro atoms. The molecule has 0 amide bonds. The van der Waals surface area contributed by atoms with Crippen molar-refractivity contribution in [2.24, 2.45) is 0 Å². The molecule has 1 aromatic heterocycles. The zero-order valence-corrected chi connectivity index (χ0v) is 12.4. The van der Waals surface area contributed by atoms with Crippen LogP contribution in [-0.4, -0.2) is 28.0 Å². The van der Waals surface area contributed by atoms with Gasteiger partial charge >= 0.3 is 0 Å². The van der Waals surface area contributed by atoms with Crippen LogP contribution in [0, 0.1) is 18.3 Å². The Hall–Kier alpha value is -1.84. The smallest absolute Gasteiger partial charge is 0.208 e. The van der Waals surface area contributed by atoms with Crippen LogP contribution >= 0.6 is 11.8 Å². The third kappa shape index (κ3) is 3.18. The van der Waals surface area contributed by atoms with Crippen LogP contribution in [-0.2, 0) is 5.54 Å². The molecule has 0 aliphatic carbocycles. The lowest BCUT2D eigenvalue weighted by Gasteiger charge is -2.26. The van der Waals surface area contributed by atoms with Gasteiger partial charge in [0.05, 0.1) is 6.07 Å². The van der Waals surface area contributed by atoms with E-state index < -0.39 is 5.54 Å². The van der Waals surface area contributed by atoms with Crippen molar-refractivity contribution in [3.63, 3.8) is 0 Å². The van der Waals surface area contributed by atoms with E-state index in [1.165, 1.54) is 0 Å². The Bertz CT molecular complexity index is 589. The Morgan fingerprint density at radius 2 is 2.15 bits per heavy atom. The van der Waals surface area contributed by atoms with Gasteiger partial charge in [0.1, 0.15) is 11.4 Å². The molecule has 5 nitrogen and oxygen atoms in total. The maximum atomic E-state index is 9.57. The molecular formula is C14H17N5S. The quantitative estimate of drug-likeness (QED) is 0.797. The van der Waals surface area contributed by atoms with Crippen molar-refractivity contribution in [3.05, 3.63) is 41.7 Å². The Kier molecular flexibility index (Phi) is 4.77. The first-order valence-corrected chi connectivity index (χ1v) is 7.36. The number of H-pyrrole nitrogens is 1. The van der Waals surface area contributed by atoms with Crippen LogP contribution in [0.15, 0.2) is 35.5 Å². The fraction of sp³-hybridized carbons (Fsp3) is 0.357. The number of thioether (sulfide) groups is 1. The van der Waals surface area contributed by atoms with Gasteiger partial charge in [0, 0.05) is 5.75 Å². The van der Waals surface area contributed by atoms with Crippen molar-refractivity contribution < 1.29 is 0 Å². The minimum Gasteiger partial charge on any atom is -0.299 e. The number of nitrogens with zero attached hydrogens (tertiary/aromatic N) is 3. The zero-order chi connectivity index (χ0) is 14.4. The van der Waals surface area contributed by atoms with E-state index in [9.17, 15) is 5.26 Å². The molecule has 1 aromatic carbocycles. The molecule has 2 rings (SSSR count). The molecule has 0 fully saturated rings. The molecule has 1 heterocycles. The third-order valence-corrected chi connectivity index (χ3v) is 4.02. The molecule has 0 aliphatic rings. The predicted molar refractivity (Wildman–Crippen MR) is 79.3 cm³/mol. The highest BCUT2D eigenvalue weighted by molar-refractivity contribution is 7.99. The summed E-state index contributed by atoms with van der Waals surface area (Å²) < 4.78 is 0. The number of aromatic amines is 1. The number of nitrogens with one attached hydrogen (secondary N) is 2. The maximum Gasteiger partial charge on any atom is 0.208 e. The molecule has 0 saturated heterocycles. The average molecular weight is 287 g/mol. The van der Waals surface area contributed by atoms with Gasteiger partial charge in [-0.15, -0.1) is 5.10 Å². The Morgan fingerprint density at radius 3 is 2.70 bits per heavy atom. The van der Waals surface area contributed by atoms with Crippen LogP contribution in [0.1, 0.15) is 17.8 Å². The van der Waals surface area contributed by atoms with Crippen LogP contribution in [0.2, 0.25) is 0 Å². The van der Waals surface area contributed by atoms with Gasteiger partial charge in [-0.1, -0.05) is 42.1 Å². The molecule has 2 aromatic rings. The molecule has 0 aliphatic heterocycles. The number of hydrogen-bond acceptors (Lipinski definition) is 5. The minimum absolute atomic E-state index is 0.667. The fourth-order valence-electron chi connectivity index (χ4n) is 1.99. The minimum atomic E-state index is -0.667. The lowest BCUT2D eigenvalue weighted by atomic mass is 9.89. The van der Waals surface area contributed by atoms with E-state index in [1.54, 1.807) is 11.8 Å². The van der Waals surface area contributed by atoms with E-state index in [1.807, 2.05) is 44.3 Å². The number of aryl methyl sites for hydroxylation is 1. The summed E-state index contributed by atoms with van der Waals surface area (Å²) in [4.78, 5) is 4.25. The Labute approximate surface area is 122 Å². The second-order valence-corrected chi connectivity index (χ2v) is 5.50. The average Bonchev–Trinajstić information content (AvgIpc) is 2.90. The van der Waals surface area contributed by atoms with Crippen LogP contribution in [0.4, 0.5) is 0 Å². The monoisotopic (exact) mass is 287 g/mol. The van der Waals surface area contributed by atoms with Crippen LogP contribution in [0.5, 0.6) is 0 Å². The van der Waals surface area contributed by atoms with E-state index in [4.69, 9.17) is 0 Å². The summed E-state index contributed by atoms with van der Waals surface area (Å²) in [6, 6.07) is 12.2. The highest BCUT2D eigenvalue weighted by atomic mass is 32.2. The second kappa shape index (κ2) is 6.55. The predicted octanol–water partition coefficient (Wildman–Crippen LogP) is 2.23. The molecule has 1 atom stereocenters. The molecular weight excluding hydrogens is 270 g/mol. The molecule has 1 unspecified atom stereocenters. The highest BCUT2D eigenvalue weighted by Gasteiger charge is 2.29. The van der Waals surface area contributed by atoms with Crippen LogP contribution in [0.25, 0.3) is 0 Å². The van der Waals surface area contributed by atoms with E-state index in [-0.39, 0.29) is 0 Å². The summed E-state index contributed by atoms with van der Waals surface area (Å²) in [7, 11) is 1.82. The van der Waals surface area contributed by atoms with Crippen molar-refractivity contribution in [2.75, 3.05) is 12.8 Å². The van der Waals surface area contributed by atoms with Crippen LogP contribution < -0.4 is 5.32 Å². The lowest BCUT2D eigenvalue weighted by Crippen LogP contribution is -2.39. The summed E-state index contributed by atoms with van der Waals surface area (Å²) in [6.45, 7) is 1.87. The van der Waals surface area contributed by atoms with E-state index in [0.717, 1.165) is 22.3 Å². The van der Waals surface area contributed by atoms with Crippen molar-refractivity contribution in [1.82, 2.24) is 20.5 Å². The number of nitriles is 1. The first-order valence-electron chi connectivity index (χ1n) is 6.38. The molecule has 0 saturated carbocycles. The zero-order valence-electron chi connectivity index (χ0n) is 11.6. The number of hydrogen-bond donors (Lipinski definition) is 2. The lowest BCUT2D eigenvalue weighted by molar-refractivity contribution is 0.456. The molecule has 20 heavy (non-hydrogen) atoms. The van der Waals surface area contributed by atoms with Gasteiger partial charge in [-0.2, -0.15) is 5.26 Å². The van der Waals surface area contributed by atoms with E-state index in [2.05, 4.69) is 26.6 Å². The SMILES string of the molecule is CNC(C#N)(CCSc1n[nH]c(C)n1)c1ccccc1. The van der Waals surface area contributed by atoms with Crippen molar-refractivity contribution in [1.29, 1.82) is 5.26 Å². The topological polar surface area (TPSA) is 77.4 Å². The van der Waals surface area contributed by atoms with Crippen molar-refractivity contribution in [3.8, 4) is 6.07 Å². The summed E-state index contributed by atoms with van der Waals surface area (Å²) in [6.07, 6.45) is 0.683. The van der Waals surface area contributed by atoms with E-state index >= 15 is 0 Å². The van der Waals surface area contributed by atoms with Gasteiger partial charge in [0.25, 0.3) is 0 Å². The molecule has 2 N–H and O–H groups in total. The van der Waals surface area contributed by atoms with Gasteiger partial charge in [0.2, 0.25) is 5.16 Å². The van der Waals surface area contributed by atoms with Gasteiger partial charge in [0.15, 0.2) is 0 Å². The van der Waals surface area contributed by atoms with Gasteiger partial charge < -0.3 is 0 Å². The molecule has 0 bridgehead atoms. The number of rotatable bonds is 6. The standard InChI is InChI=1S/C14H17N5S/c1-11-17-13(19-18-11)20-9-8-14(10-15,16-2)12-6-4-3-5-7-12/h3-7,16H,8-9H2,1-2H3,(H,17,18,19). The van der Waals surface area contributed by atoms with Gasteiger partial charge in [-0.25, -0.2) is 4.98 Å². The normalized spacial score (nSPS) is 13.7. The van der Waals surface area contributed by atoms with Gasteiger partial charge in [-0.3, -0.25) is 10.4 Å². The van der Waals surface area contributed by atoms with Crippen molar-refractivity contribution >= 4 is 11.8 Å². The van der Waals surface area contributed by atoms with Crippen molar-refractivity contribution in [2.45, 2.75) is 24.0 Å². The van der Waals surface area contributed by atoms with Crippen LogP contribution in [0.3, 0.4) is 0 Å². The second-order valence-electron chi connectivity index (χ2n) is 4.44. The first kappa shape index (κ1) is 14.6. The summed E-state index contributed by atoms with van der Waals surface area (Å²) in [5, 5.41) is 20.3. The summed E-state index contributed by atoms with van der Waals surface area (Å²) in [5.74, 6) is 1.57. The first-order chi connectivity index (χ1) is 9.70. The van der Waals surface area contributed by atoms with E-state index in [0.29, 0.717) is 6.42 Å². The molecule has 0 radical (unpaired) electrons. The fourth-order valence-corrected chi connectivity index (χ4v) is 2.90. The third-order valence-electron chi connectivity index (χ3n) is 3.17. The largest absolute Gasteiger partial charge is 0.299 e. The highest BCUT2D eigenvalue weighted by Crippen LogP contribution is 2.27. The maximum absolute atomic E-state index is 9.57.